The van der Waals surface area contributed by atoms with Crippen LogP contribution in [-0.2, 0) is 6.54 Å². The van der Waals surface area contributed by atoms with Crippen LogP contribution in [0.25, 0.3) is 17.0 Å². The minimum absolute atomic E-state index is 0.0125. The number of Topliss-reactive ketones (excluding diaryl/α,β-unsaturated/α-hetero) is 1. The fraction of sp³-hybridized carbons (Fsp3) is 0.308. The summed E-state index contributed by atoms with van der Waals surface area (Å²) in [4.78, 5) is 30.1. The number of rotatable bonds is 7. The van der Waals surface area contributed by atoms with Crippen molar-refractivity contribution >= 4 is 28.7 Å². The summed E-state index contributed by atoms with van der Waals surface area (Å²) in [6.45, 7) is 1.49. The Hall–Kier alpha value is -3.78. The third-order valence-corrected chi connectivity index (χ3v) is 5.83. The van der Waals surface area contributed by atoms with Gasteiger partial charge in [0.15, 0.2) is 5.76 Å². The van der Waals surface area contributed by atoms with Crippen LogP contribution in [0.4, 0.5) is 0 Å². The number of hydrogen-bond acceptors (Lipinski definition) is 6. The number of allylic oxidation sites excluding steroid dienone is 1. The maximum absolute atomic E-state index is 13.4. The van der Waals surface area contributed by atoms with Crippen LogP contribution in [0.1, 0.15) is 32.8 Å². The molecule has 4 rings (SSSR count). The largest absolute Gasteiger partial charge is 0.508 e. The van der Waals surface area contributed by atoms with Gasteiger partial charge in [0.05, 0.1) is 12.7 Å². The topological polar surface area (TPSA) is 84.2 Å². The van der Waals surface area contributed by atoms with E-state index in [2.05, 4.69) is 4.90 Å². The maximum atomic E-state index is 13.4. The summed E-state index contributed by atoms with van der Waals surface area (Å²) < 4.78 is 13.3. The Kier molecular flexibility index (Phi) is 6.34. The lowest BCUT2D eigenvalue weighted by Gasteiger charge is -2.16. The number of ether oxygens (including phenoxy) is 2. The average Bonchev–Trinajstić information content (AvgIpc) is 3.26. The van der Waals surface area contributed by atoms with E-state index in [1.54, 1.807) is 27.3 Å². The fourth-order valence-electron chi connectivity index (χ4n) is 4.16. The summed E-state index contributed by atoms with van der Waals surface area (Å²) in [5, 5.41) is 10.6. The van der Waals surface area contributed by atoms with E-state index in [-0.39, 0.29) is 23.2 Å². The van der Waals surface area contributed by atoms with Gasteiger partial charge < -0.3 is 28.9 Å². The number of carbonyl (C=O) groups is 2. The lowest BCUT2D eigenvalue weighted by Crippen LogP contribution is -2.26. The highest BCUT2D eigenvalue weighted by molar-refractivity contribution is 6.16. The van der Waals surface area contributed by atoms with Crippen LogP contribution in [-0.4, -0.2) is 73.0 Å². The zero-order valence-electron chi connectivity index (χ0n) is 20.1. The first-order valence-electron chi connectivity index (χ1n) is 11.0. The van der Waals surface area contributed by atoms with Crippen molar-refractivity contribution in [3.63, 3.8) is 0 Å². The molecular weight excluding hydrogens is 434 g/mol. The Labute approximate surface area is 198 Å². The molecule has 0 saturated carbocycles. The van der Waals surface area contributed by atoms with Crippen molar-refractivity contribution in [1.29, 1.82) is 0 Å². The molecule has 1 aliphatic heterocycles. The molecule has 0 bridgehead atoms. The highest BCUT2D eigenvalue weighted by atomic mass is 16.5. The van der Waals surface area contributed by atoms with Crippen LogP contribution in [0.3, 0.4) is 0 Å². The van der Waals surface area contributed by atoms with Gasteiger partial charge in [0.1, 0.15) is 22.9 Å². The second-order valence-electron chi connectivity index (χ2n) is 8.77. The molecule has 0 aliphatic carbocycles. The van der Waals surface area contributed by atoms with Gasteiger partial charge in [-0.15, -0.1) is 0 Å². The smallest absolute Gasteiger partial charge is 0.270 e. The molecule has 1 aromatic heterocycles. The lowest BCUT2D eigenvalue weighted by atomic mass is 10.1. The average molecular weight is 464 g/mol. The van der Waals surface area contributed by atoms with Crippen molar-refractivity contribution in [2.45, 2.75) is 13.0 Å². The van der Waals surface area contributed by atoms with E-state index in [9.17, 15) is 14.7 Å². The van der Waals surface area contributed by atoms with E-state index >= 15 is 0 Å². The molecule has 2 heterocycles. The number of methoxy groups -OCH3 is 1. The summed E-state index contributed by atoms with van der Waals surface area (Å²) in [6, 6.07) is 10.1. The molecule has 0 fully saturated rings. The van der Waals surface area contributed by atoms with E-state index in [1.807, 2.05) is 36.9 Å². The number of nitrogens with zero attached hydrogens (tertiary/aromatic N) is 3. The number of benzene rings is 2. The quantitative estimate of drug-likeness (QED) is 0.539. The highest BCUT2D eigenvalue weighted by Gasteiger charge is 2.30. The standard InChI is InChI=1S/C26H29N3O5/c1-27(2)11-6-12-29-21-10-8-17(33-5)14-19(21)20(24(29)26(32)28(3)4)15-23-25(31)18-9-7-16(30)13-22(18)34-23/h7-10,13-15,30H,6,11-12H2,1-5H3. The number of phenolic OH excluding ortho intramolecular Hbond substituents is 1. The van der Waals surface area contributed by atoms with E-state index in [4.69, 9.17) is 9.47 Å². The number of aryl methyl sites for hydroxylation is 1. The molecule has 0 atom stereocenters. The van der Waals surface area contributed by atoms with Crippen molar-refractivity contribution < 1.29 is 24.2 Å². The van der Waals surface area contributed by atoms with Crippen LogP contribution < -0.4 is 9.47 Å². The molecular formula is C26H29N3O5. The van der Waals surface area contributed by atoms with Crippen LogP contribution in [0.5, 0.6) is 17.2 Å². The highest BCUT2D eigenvalue weighted by Crippen LogP contribution is 2.37. The molecule has 8 nitrogen and oxygen atoms in total. The number of amides is 1. The third-order valence-electron chi connectivity index (χ3n) is 5.83. The van der Waals surface area contributed by atoms with Crippen LogP contribution in [0.2, 0.25) is 0 Å². The molecule has 1 aliphatic rings. The number of fused-ring (bicyclic) bond motifs is 2. The first-order valence-corrected chi connectivity index (χ1v) is 11.0. The second-order valence-corrected chi connectivity index (χ2v) is 8.77. The van der Waals surface area contributed by atoms with Crippen LogP contribution in [0.15, 0.2) is 42.2 Å². The molecule has 3 aromatic rings. The van der Waals surface area contributed by atoms with E-state index in [0.29, 0.717) is 34.9 Å². The lowest BCUT2D eigenvalue weighted by molar-refractivity contribution is 0.0816. The second kappa shape index (κ2) is 9.23. The predicted octanol–water partition coefficient (Wildman–Crippen LogP) is 3.63. The first kappa shape index (κ1) is 23.4. The Morgan fingerprint density at radius 2 is 1.91 bits per heavy atom. The van der Waals surface area contributed by atoms with Gasteiger partial charge in [-0.1, -0.05) is 0 Å². The number of hydrogen-bond donors (Lipinski definition) is 1. The maximum Gasteiger partial charge on any atom is 0.270 e. The molecule has 1 amide bonds. The van der Waals surface area contributed by atoms with Gasteiger partial charge in [-0.05, 0) is 63.5 Å². The van der Waals surface area contributed by atoms with Crippen molar-refractivity contribution in [3.8, 4) is 17.2 Å². The molecule has 0 saturated heterocycles. The van der Waals surface area contributed by atoms with E-state index in [0.717, 1.165) is 23.9 Å². The summed E-state index contributed by atoms with van der Waals surface area (Å²) in [7, 11) is 9.03. The van der Waals surface area contributed by atoms with Gasteiger partial charge in [0.2, 0.25) is 5.78 Å². The zero-order valence-corrected chi connectivity index (χ0v) is 20.1. The van der Waals surface area contributed by atoms with Crippen molar-refractivity contribution in [3.05, 3.63) is 59.0 Å². The number of phenols is 1. The fourth-order valence-corrected chi connectivity index (χ4v) is 4.16. The van der Waals surface area contributed by atoms with Crippen molar-refractivity contribution in [2.24, 2.45) is 0 Å². The Morgan fingerprint density at radius 1 is 1.15 bits per heavy atom. The normalized spacial score (nSPS) is 14.1. The summed E-state index contributed by atoms with van der Waals surface area (Å²) in [5.41, 5.74) is 2.32. The molecule has 8 heteroatoms. The summed E-state index contributed by atoms with van der Waals surface area (Å²) in [6.07, 6.45) is 2.47. The number of aromatic hydroxyl groups is 1. The van der Waals surface area contributed by atoms with Gasteiger partial charge in [-0.2, -0.15) is 0 Å². The van der Waals surface area contributed by atoms with Gasteiger partial charge in [-0.25, -0.2) is 0 Å². The summed E-state index contributed by atoms with van der Waals surface area (Å²) in [5.74, 6) is 0.585. The van der Waals surface area contributed by atoms with Crippen molar-refractivity contribution in [2.75, 3.05) is 41.8 Å². The first-order chi connectivity index (χ1) is 16.2. The van der Waals surface area contributed by atoms with Gasteiger partial charge in [0, 0.05) is 43.2 Å². The Bertz CT molecular complexity index is 1300. The van der Waals surface area contributed by atoms with Crippen LogP contribution in [0, 0.1) is 0 Å². The monoisotopic (exact) mass is 463 g/mol. The van der Waals surface area contributed by atoms with Crippen LogP contribution >= 0.6 is 0 Å². The minimum atomic E-state index is -0.297. The number of ketones is 1. The van der Waals surface area contributed by atoms with Gasteiger partial charge in [-0.3, -0.25) is 9.59 Å². The molecule has 0 spiro atoms. The molecule has 0 radical (unpaired) electrons. The third kappa shape index (κ3) is 4.24. The van der Waals surface area contributed by atoms with Gasteiger partial charge >= 0.3 is 0 Å². The Balaban J connectivity index is 1.92. The van der Waals surface area contributed by atoms with E-state index < -0.39 is 0 Å². The minimum Gasteiger partial charge on any atom is -0.508 e. The molecule has 2 aromatic carbocycles. The molecule has 0 unspecified atom stereocenters. The Morgan fingerprint density at radius 3 is 2.59 bits per heavy atom. The molecule has 178 valence electrons. The van der Waals surface area contributed by atoms with Gasteiger partial charge in [0.25, 0.3) is 5.91 Å². The number of carbonyl (C=O) groups excluding carboxylic acids is 2. The predicted molar refractivity (Wildman–Crippen MR) is 131 cm³/mol. The zero-order chi connectivity index (χ0) is 24.6. The number of aromatic nitrogens is 1. The van der Waals surface area contributed by atoms with Crippen molar-refractivity contribution in [1.82, 2.24) is 14.4 Å². The molecule has 1 N–H and O–H groups in total. The summed E-state index contributed by atoms with van der Waals surface area (Å²) >= 11 is 0. The SMILES string of the molecule is COc1ccc2c(c1)c(C=C1Oc3cc(O)ccc3C1=O)c(C(=O)N(C)C)n2CCCN(C)C. The van der Waals surface area contributed by atoms with E-state index in [1.165, 1.54) is 23.1 Å². The molecule has 34 heavy (non-hydrogen) atoms.